The van der Waals surface area contributed by atoms with Crippen LogP contribution in [0.3, 0.4) is 0 Å². The van der Waals surface area contributed by atoms with Crippen LogP contribution < -0.4 is 5.32 Å². The summed E-state index contributed by atoms with van der Waals surface area (Å²) in [7, 11) is 3.49. The Morgan fingerprint density at radius 3 is 2.49 bits per heavy atom. The summed E-state index contributed by atoms with van der Waals surface area (Å²) in [6, 6.07) is 4.47. The highest BCUT2D eigenvalue weighted by Crippen LogP contribution is 2.40. The van der Waals surface area contributed by atoms with Crippen molar-refractivity contribution in [3.05, 3.63) is 59.3 Å². The van der Waals surface area contributed by atoms with Gasteiger partial charge in [-0.3, -0.25) is 14.6 Å². The Bertz CT molecular complexity index is 1420. The molecule has 0 spiro atoms. The van der Waals surface area contributed by atoms with Crippen LogP contribution in [0.25, 0.3) is 16.6 Å². The molecular weight excluding hydrogens is 517 g/mol. The van der Waals surface area contributed by atoms with Crippen LogP contribution in [0, 0.1) is 30.5 Å². The van der Waals surface area contributed by atoms with Crippen LogP contribution in [-0.2, 0) is 4.79 Å². The van der Waals surface area contributed by atoms with E-state index in [1.54, 1.807) is 25.1 Å². The van der Waals surface area contributed by atoms with Gasteiger partial charge in [0.05, 0.1) is 23.0 Å². The molecule has 1 aliphatic carbocycles. The van der Waals surface area contributed by atoms with Gasteiger partial charge in [-0.1, -0.05) is 6.92 Å². The van der Waals surface area contributed by atoms with Gasteiger partial charge < -0.3 is 19.7 Å². The molecule has 0 bridgehead atoms. The van der Waals surface area contributed by atoms with Crippen LogP contribution in [0.5, 0.6) is 0 Å². The third-order valence-corrected chi connectivity index (χ3v) is 9.64. The maximum absolute atomic E-state index is 14.4. The van der Waals surface area contributed by atoms with E-state index in [9.17, 15) is 14.0 Å². The lowest BCUT2D eigenvalue weighted by Gasteiger charge is -2.45. The second-order valence-electron chi connectivity index (χ2n) is 12.6. The molecule has 2 aliphatic rings. The molecule has 1 aromatic carbocycles. The number of pyridine rings is 1. The number of likely N-dealkylation sites (tertiary alicyclic amines) is 1. The van der Waals surface area contributed by atoms with Gasteiger partial charge in [0.1, 0.15) is 5.82 Å². The Morgan fingerprint density at radius 2 is 1.83 bits per heavy atom. The Hall–Kier alpha value is -3.26. The number of hydrogen-bond donors (Lipinski definition) is 1. The lowest BCUT2D eigenvalue weighted by atomic mass is 9.78. The summed E-state index contributed by atoms with van der Waals surface area (Å²) in [6.07, 6.45) is 10.1. The normalized spacial score (nSPS) is 20.7. The summed E-state index contributed by atoms with van der Waals surface area (Å²) >= 11 is 0. The van der Waals surface area contributed by atoms with Gasteiger partial charge in [-0.25, -0.2) is 4.39 Å². The molecule has 3 heterocycles. The summed E-state index contributed by atoms with van der Waals surface area (Å²) in [5.74, 6) is 1.26. The first-order valence-electron chi connectivity index (χ1n) is 15.1. The number of carbonyl (C=O) groups excluding carboxylic acids is 2. The van der Waals surface area contributed by atoms with E-state index in [0.29, 0.717) is 29.0 Å². The van der Waals surface area contributed by atoms with E-state index in [4.69, 9.17) is 0 Å². The van der Waals surface area contributed by atoms with Crippen molar-refractivity contribution in [2.24, 2.45) is 17.8 Å². The molecule has 0 radical (unpaired) electrons. The maximum Gasteiger partial charge on any atom is 0.256 e. The number of aryl methyl sites for hydroxylation is 1. The van der Waals surface area contributed by atoms with E-state index in [1.165, 1.54) is 23.1 Å². The summed E-state index contributed by atoms with van der Waals surface area (Å²) < 4.78 is 16.5. The van der Waals surface area contributed by atoms with E-state index in [0.717, 1.165) is 56.4 Å². The average Bonchev–Trinajstić information content (AvgIpc) is 3.34. The zero-order chi connectivity index (χ0) is 29.4. The summed E-state index contributed by atoms with van der Waals surface area (Å²) in [5, 5.41) is 3.97. The van der Waals surface area contributed by atoms with Crippen LogP contribution >= 0.6 is 0 Å². The number of nitrogens with one attached hydrogen (secondary N) is 1. The number of rotatable bonds is 8. The third-order valence-electron chi connectivity index (χ3n) is 9.64. The SMILES string of the molecule is CNC(=O)[C@H]1CC[C@H](CN2CC([C@@H](C)c3cn(-c4ccc(F)cc4C(=O)N(C)C(C)C)c4cncc(C)c34)C2)CC1. The van der Waals surface area contributed by atoms with Crippen molar-refractivity contribution in [1.29, 1.82) is 0 Å². The third kappa shape index (κ3) is 5.76. The maximum atomic E-state index is 14.4. The first-order chi connectivity index (χ1) is 19.6. The summed E-state index contributed by atoms with van der Waals surface area (Å²) in [4.78, 5) is 34.1. The second-order valence-corrected chi connectivity index (χ2v) is 12.6. The molecule has 220 valence electrons. The van der Waals surface area contributed by atoms with E-state index in [-0.39, 0.29) is 23.8 Å². The zero-order valence-corrected chi connectivity index (χ0v) is 25.3. The lowest BCUT2D eigenvalue weighted by molar-refractivity contribution is -0.125. The van der Waals surface area contributed by atoms with E-state index in [2.05, 4.69) is 35.2 Å². The predicted octanol–water partition coefficient (Wildman–Crippen LogP) is 5.54. The molecular formula is C33H44FN5O2. The fourth-order valence-electron chi connectivity index (χ4n) is 6.75. The van der Waals surface area contributed by atoms with Crippen molar-refractivity contribution in [3.63, 3.8) is 0 Å². The highest BCUT2D eigenvalue weighted by Gasteiger charge is 2.36. The monoisotopic (exact) mass is 561 g/mol. The van der Waals surface area contributed by atoms with Crippen molar-refractivity contribution in [2.45, 2.75) is 65.3 Å². The minimum atomic E-state index is -0.426. The van der Waals surface area contributed by atoms with Crippen molar-refractivity contribution >= 4 is 22.7 Å². The van der Waals surface area contributed by atoms with Gasteiger partial charge in [0.2, 0.25) is 5.91 Å². The minimum Gasteiger partial charge on any atom is -0.359 e. The molecule has 41 heavy (non-hydrogen) atoms. The van der Waals surface area contributed by atoms with Crippen LogP contribution in [0.4, 0.5) is 4.39 Å². The number of hydrogen-bond acceptors (Lipinski definition) is 4. The predicted molar refractivity (Wildman–Crippen MR) is 161 cm³/mol. The van der Waals surface area contributed by atoms with E-state index < -0.39 is 5.82 Å². The molecule has 1 saturated heterocycles. The molecule has 1 aliphatic heterocycles. The number of fused-ring (bicyclic) bond motifs is 1. The quantitative estimate of drug-likeness (QED) is 0.392. The molecule has 1 N–H and O–H groups in total. The van der Waals surface area contributed by atoms with Crippen LogP contribution in [-0.4, -0.2) is 70.9 Å². The topological polar surface area (TPSA) is 70.5 Å². The van der Waals surface area contributed by atoms with Crippen LogP contribution in [0.15, 0.2) is 36.8 Å². The smallest absolute Gasteiger partial charge is 0.256 e. The van der Waals surface area contributed by atoms with Crippen LogP contribution in [0.1, 0.15) is 73.9 Å². The average molecular weight is 562 g/mol. The number of amides is 2. The van der Waals surface area contributed by atoms with Gasteiger partial charge in [-0.15, -0.1) is 0 Å². The largest absolute Gasteiger partial charge is 0.359 e. The fourth-order valence-corrected chi connectivity index (χ4v) is 6.75. The Morgan fingerprint density at radius 1 is 1.12 bits per heavy atom. The molecule has 2 aromatic heterocycles. The highest BCUT2D eigenvalue weighted by atomic mass is 19.1. The molecule has 1 atom stereocenters. The second kappa shape index (κ2) is 11.9. The molecule has 3 aromatic rings. The van der Waals surface area contributed by atoms with Gasteiger partial charge in [0.15, 0.2) is 0 Å². The standard InChI is InChI=1S/C33H44FN5O2/c1-20(2)37(6)33(41)27-13-26(34)11-12-29(27)39-19-28(31-21(3)14-36-15-30(31)39)22(4)25-17-38(18-25)16-23-7-9-24(10-8-23)32(40)35-5/h11-15,19-20,22-25H,7-10,16-18H2,1-6H3,(H,35,40)/t22-,23-,24-/m1/s1. The molecule has 8 heteroatoms. The zero-order valence-electron chi connectivity index (χ0n) is 25.3. The van der Waals surface area contributed by atoms with Gasteiger partial charge in [0.25, 0.3) is 5.91 Å². The van der Waals surface area contributed by atoms with Gasteiger partial charge in [0, 0.05) is 63.5 Å². The van der Waals surface area contributed by atoms with E-state index >= 15 is 0 Å². The number of benzene rings is 1. The molecule has 2 amide bonds. The molecule has 5 rings (SSSR count). The highest BCUT2D eigenvalue weighted by molar-refractivity contribution is 5.99. The first kappa shape index (κ1) is 29.2. The minimum absolute atomic E-state index is 0.00745. The Kier molecular flexibility index (Phi) is 8.50. The first-order valence-corrected chi connectivity index (χ1v) is 15.1. The molecule has 1 saturated carbocycles. The van der Waals surface area contributed by atoms with Gasteiger partial charge in [-0.2, -0.15) is 0 Å². The number of halogens is 1. The van der Waals surface area contributed by atoms with Gasteiger partial charge in [-0.05, 0) is 93.5 Å². The van der Waals surface area contributed by atoms with Gasteiger partial charge >= 0.3 is 0 Å². The molecule has 0 unspecified atom stereocenters. The fraction of sp³-hybridized carbons (Fsp3) is 0.545. The number of aromatic nitrogens is 2. The molecule has 2 fully saturated rings. The van der Waals surface area contributed by atoms with Crippen molar-refractivity contribution in [2.75, 3.05) is 33.7 Å². The molecule has 7 nitrogen and oxygen atoms in total. The van der Waals surface area contributed by atoms with Crippen molar-refractivity contribution in [1.82, 2.24) is 24.7 Å². The van der Waals surface area contributed by atoms with Crippen LogP contribution in [0.2, 0.25) is 0 Å². The Balaban J connectivity index is 1.36. The summed E-state index contributed by atoms with van der Waals surface area (Å²) in [6.45, 7) is 11.5. The lowest BCUT2D eigenvalue weighted by Crippen LogP contribution is -2.50. The van der Waals surface area contributed by atoms with E-state index in [1.807, 2.05) is 30.8 Å². The number of nitrogens with zero attached hydrogens (tertiary/aromatic N) is 4. The number of carbonyl (C=O) groups is 2. The summed E-state index contributed by atoms with van der Waals surface area (Å²) in [5.41, 5.74) is 4.29. The Labute approximate surface area is 243 Å². The van der Waals surface area contributed by atoms with Crippen molar-refractivity contribution in [3.8, 4) is 5.69 Å². The van der Waals surface area contributed by atoms with Crippen molar-refractivity contribution < 1.29 is 14.0 Å².